The van der Waals surface area contributed by atoms with Gasteiger partial charge in [0.25, 0.3) is 9.04 Å². The van der Waals surface area contributed by atoms with Gasteiger partial charge >= 0.3 is 5.97 Å². The van der Waals surface area contributed by atoms with Crippen molar-refractivity contribution in [2.75, 3.05) is 20.8 Å². The van der Waals surface area contributed by atoms with Gasteiger partial charge in [0.15, 0.2) is 0 Å². The molecule has 0 spiro atoms. The molecule has 0 aliphatic carbocycles. The van der Waals surface area contributed by atoms with Gasteiger partial charge in [0.1, 0.15) is 11.3 Å². The lowest BCUT2D eigenvalue weighted by Crippen LogP contribution is -2.45. The number of rotatable bonds is 8. The van der Waals surface area contributed by atoms with E-state index < -0.39 is 15.0 Å². The van der Waals surface area contributed by atoms with Crippen molar-refractivity contribution in [2.45, 2.75) is 39.5 Å². The average molecular weight is 500 g/mol. The minimum atomic E-state index is -1.42. The number of methoxy groups -OCH3 is 2. The van der Waals surface area contributed by atoms with E-state index in [-0.39, 0.29) is 11.3 Å². The van der Waals surface area contributed by atoms with Gasteiger partial charge in [-0.15, -0.1) is 0 Å². The largest absolute Gasteiger partial charge is 0.496 e. The number of carbonyl (C=O) groups is 1. The van der Waals surface area contributed by atoms with Crippen LogP contribution in [0.2, 0.25) is 0 Å². The summed E-state index contributed by atoms with van der Waals surface area (Å²) in [6.07, 6.45) is 0.872. The fraction of sp³-hybridized carbons (Fsp3) is 0.323. The van der Waals surface area contributed by atoms with E-state index in [9.17, 15) is 4.79 Å². The van der Waals surface area contributed by atoms with Crippen molar-refractivity contribution in [3.05, 3.63) is 89.5 Å². The maximum atomic E-state index is 11.9. The number of carbonyl (C=O) groups excluding carboxylic acids is 1. The Morgan fingerprint density at radius 2 is 1.61 bits per heavy atom. The van der Waals surface area contributed by atoms with Crippen LogP contribution in [0.1, 0.15) is 55.6 Å². The van der Waals surface area contributed by atoms with Gasteiger partial charge < -0.3 is 13.9 Å². The minimum absolute atomic E-state index is 0.0776. The topological polar surface area (TPSA) is 44.8 Å². The van der Waals surface area contributed by atoms with Crippen LogP contribution in [-0.4, -0.2) is 35.8 Å². The van der Waals surface area contributed by atoms with E-state index in [1.165, 1.54) is 30.2 Å². The zero-order chi connectivity index (χ0) is 26.1. The fourth-order valence-electron chi connectivity index (χ4n) is 3.72. The average Bonchev–Trinajstić information content (AvgIpc) is 2.90. The third-order valence-electron chi connectivity index (χ3n) is 6.00. The second kappa shape index (κ2) is 12.6. The number of ether oxygens (including phenoxy) is 2. The Kier molecular flexibility index (Phi) is 9.52. The number of hydrogen-bond acceptors (Lipinski definition) is 4. The Labute approximate surface area is 217 Å². The summed E-state index contributed by atoms with van der Waals surface area (Å²) in [5.74, 6) is 6.68. The summed E-state index contributed by atoms with van der Waals surface area (Å²) in [5.41, 5.74) is 2.59. The first-order chi connectivity index (χ1) is 17.3. The highest BCUT2D eigenvalue weighted by Gasteiger charge is 2.22. The van der Waals surface area contributed by atoms with Crippen LogP contribution in [0.4, 0.5) is 0 Å². The molecule has 0 saturated heterocycles. The molecule has 4 nitrogen and oxygen atoms in total. The van der Waals surface area contributed by atoms with Crippen LogP contribution in [0.3, 0.4) is 0 Å². The molecule has 0 aromatic heterocycles. The third kappa shape index (κ3) is 7.10. The first-order valence-electron chi connectivity index (χ1n) is 12.2. The molecule has 0 aliphatic rings. The molecule has 1 radical (unpaired) electrons. The SMILES string of the molecule is CCC(C#Cc1ccc(C(=O)OC)c(OC)c1)CO[Si](c1ccccc1)c1ccc(C(C)(C)C)cc1. The zero-order valence-electron chi connectivity index (χ0n) is 22.1. The Morgan fingerprint density at radius 3 is 2.19 bits per heavy atom. The molecule has 3 aromatic carbocycles. The highest BCUT2D eigenvalue weighted by Crippen LogP contribution is 2.22. The highest BCUT2D eigenvalue weighted by atomic mass is 28.3. The van der Waals surface area contributed by atoms with Crippen molar-refractivity contribution in [1.29, 1.82) is 0 Å². The third-order valence-corrected chi connectivity index (χ3v) is 8.17. The van der Waals surface area contributed by atoms with Crippen molar-refractivity contribution in [3.63, 3.8) is 0 Å². The monoisotopic (exact) mass is 499 g/mol. The Hall–Kier alpha value is -3.33. The molecular formula is C31H35O4Si. The Balaban J connectivity index is 1.79. The van der Waals surface area contributed by atoms with E-state index in [4.69, 9.17) is 13.9 Å². The van der Waals surface area contributed by atoms with Crippen LogP contribution >= 0.6 is 0 Å². The molecule has 0 aliphatic heterocycles. The molecule has 0 heterocycles. The quantitative estimate of drug-likeness (QED) is 0.249. The molecule has 0 N–H and O–H groups in total. The van der Waals surface area contributed by atoms with Crippen LogP contribution in [0.25, 0.3) is 0 Å². The molecule has 0 saturated carbocycles. The molecule has 3 aromatic rings. The lowest BCUT2D eigenvalue weighted by Gasteiger charge is -2.22. The van der Waals surface area contributed by atoms with E-state index in [2.05, 4.69) is 88.1 Å². The molecule has 3 rings (SSSR count). The summed E-state index contributed by atoms with van der Waals surface area (Å²) in [5, 5.41) is 2.45. The van der Waals surface area contributed by atoms with Gasteiger partial charge in [-0.25, -0.2) is 4.79 Å². The predicted molar refractivity (Wildman–Crippen MR) is 148 cm³/mol. The second-order valence-corrected chi connectivity index (χ2v) is 11.7. The molecule has 5 heteroatoms. The van der Waals surface area contributed by atoms with Crippen molar-refractivity contribution in [3.8, 4) is 17.6 Å². The van der Waals surface area contributed by atoms with Gasteiger partial charge in [-0.2, -0.15) is 0 Å². The summed E-state index contributed by atoms with van der Waals surface area (Å²) in [4.78, 5) is 11.9. The molecular weight excluding hydrogens is 464 g/mol. The zero-order valence-corrected chi connectivity index (χ0v) is 23.1. The lowest BCUT2D eigenvalue weighted by molar-refractivity contribution is 0.0597. The molecule has 0 amide bonds. The first-order valence-corrected chi connectivity index (χ1v) is 13.6. The van der Waals surface area contributed by atoms with Gasteiger partial charge in [0, 0.05) is 18.1 Å². The van der Waals surface area contributed by atoms with Crippen molar-refractivity contribution < 1.29 is 18.7 Å². The van der Waals surface area contributed by atoms with Crippen molar-refractivity contribution >= 4 is 25.4 Å². The molecule has 0 bridgehead atoms. The standard InChI is InChI=1S/C31H35O4Si/c1-7-23(13-14-24-15-20-28(30(32)34-6)29(21-24)33-5)22-35-36(26-11-9-8-10-12-26)27-18-16-25(17-19-27)31(2,3)4/h8-12,15-21,23H,7,22H2,1-6H3. The summed E-state index contributed by atoms with van der Waals surface area (Å²) >= 11 is 0. The van der Waals surface area contributed by atoms with Crippen LogP contribution in [0.5, 0.6) is 5.75 Å². The molecule has 1 unspecified atom stereocenters. The minimum Gasteiger partial charge on any atom is -0.496 e. The Bertz CT molecular complexity index is 1200. The van der Waals surface area contributed by atoms with Crippen LogP contribution in [-0.2, 0) is 14.6 Å². The predicted octanol–water partition coefficient (Wildman–Crippen LogP) is 4.98. The van der Waals surface area contributed by atoms with E-state index in [1.807, 2.05) is 12.1 Å². The van der Waals surface area contributed by atoms with E-state index in [0.717, 1.165) is 12.0 Å². The second-order valence-electron chi connectivity index (χ2n) is 9.61. The Morgan fingerprint density at radius 1 is 0.944 bits per heavy atom. The van der Waals surface area contributed by atoms with Crippen LogP contribution in [0.15, 0.2) is 72.8 Å². The molecule has 1 atom stereocenters. The van der Waals surface area contributed by atoms with Gasteiger partial charge in [-0.1, -0.05) is 94.1 Å². The smallest absolute Gasteiger partial charge is 0.341 e. The maximum absolute atomic E-state index is 11.9. The van der Waals surface area contributed by atoms with Crippen molar-refractivity contribution in [1.82, 2.24) is 0 Å². The van der Waals surface area contributed by atoms with Crippen LogP contribution < -0.4 is 15.1 Å². The van der Waals surface area contributed by atoms with Crippen molar-refractivity contribution in [2.24, 2.45) is 5.92 Å². The van der Waals surface area contributed by atoms with Crippen LogP contribution in [0, 0.1) is 17.8 Å². The summed E-state index contributed by atoms with van der Waals surface area (Å²) < 4.78 is 16.8. The van der Waals surface area contributed by atoms with E-state index in [0.29, 0.717) is 17.9 Å². The number of benzene rings is 3. The van der Waals surface area contributed by atoms with Gasteiger partial charge in [0.2, 0.25) is 0 Å². The first kappa shape index (κ1) is 27.3. The molecule has 187 valence electrons. The number of esters is 1. The molecule has 36 heavy (non-hydrogen) atoms. The van der Waals surface area contributed by atoms with E-state index in [1.54, 1.807) is 12.1 Å². The van der Waals surface area contributed by atoms with Gasteiger partial charge in [-0.3, -0.25) is 0 Å². The fourth-order valence-corrected chi connectivity index (χ4v) is 5.72. The summed E-state index contributed by atoms with van der Waals surface area (Å²) in [6, 6.07) is 24.6. The highest BCUT2D eigenvalue weighted by molar-refractivity contribution is 6.80. The maximum Gasteiger partial charge on any atom is 0.341 e. The molecule has 0 fully saturated rings. The number of hydrogen-bond donors (Lipinski definition) is 0. The summed E-state index contributed by atoms with van der Waals surface area (Å²) in [6.45, 7) is 9.35. The van der Waals surface area contributed by atoms with Gasteiger partial charge in [0.05, 0.1) is 14.2 Å². The van der Waals surface area contributed by atoms with E-state index >= 15 is 0 Å². The summed E-state index contributed by atoms with van der Waals surface area (Å²) in [7, 11) is 1.47. The van der Waals surface area contributed by atoms with Gasteiger partial charge in [-0.05, 0) is 46.0 Å². The normalized spacial score (nSPS) is 12.0. The lowest BCUT2D eigenvalue weighted by atomic mass is 9.87.